The summed E-state index contributed by atoms with van der Waals surface area (Å²) in [5.74, 6) is 0.00562. The minimum absolute atomic E-state index is 0.0428. The van der Waals surface area contributed by atoms with Gasteiger partial charge in [0, 0.05) is 5.69 Å². The molecular formula is C27H29N3O5. The predicted octanol–water partition coefficient (Wildman–Crippen LogP) is 5.64. The molecule has 0 unspecified atom stereocenters. The number of allylic oxidation sites excluding steroid dienone is 1. The molecule has 8 heteroatoms. The third-order valence-electron chi connectivity index (χ3n) is 5.17. The molecule has 3 aromatic carbocycles. The number of nitrogen functional groups attached to an aromatic ring is 1. The number of unbranched alkanes of at least 4 members (excludes halogenated alkanes) is 1. The number of hydrogen-bond acceptors (Lipinski definition) is 6. The van der Waals surface area contributed by atoms with Crippen LogP contribution in [0.25, 0.3) is 0 Å². The van der Waals surface area contributed by atoms with E-state index in [0.29, 0.717) is 47.6 Å². The first-order valence-corrected chi connectivity index (χ1v) is 11.2. The van der Waals surface area contributed by atoms with Crippen molar-refractivity contribution in [1.29, 1.82) is 0 Å². The Morgan fingerprint density at radius 3 is 2.49 bits per heavy atom. The highest BCUT2D eigenvalue weighted by atomic mass is 16.6. The Kier molecular flexibility index (Phi) is 9.13. The Hall–Kier alpha value is -4.46. The molecule has 182 valence electrons. The van der Waals surface area contributed by atoms with Gasteiger partial charge < -0.3 is 25.6 Å². The summed E-state index contributed by atoms with van der Waals surface area (Å²) >= 11 is 0. The molecule has 0 saturated heterocycles. The Labute approximate surface area is 204 Å². The fourth-order valence-corrected chi connectivity index (χ4v) is 3.40. The molecule has 0 heterocycles. The molecule has 5 N–H and O–H groups in total. The van der Waals surface area contributed by atoms with Crippen molar-refractivity contribution in [2.75, 3.05) is 23.5 Å². The standard InChI is InChI=1S/C27H29N3O5/c1-34-25-17-16-19(18-23(25)31)24(35-27(33)29-20-10-4-2-5-11-20)14-6-3-7-15-26(32)30-22-13-9-8-12-21(22)28/h2,4-5,7-13,15-18,24,31H,3,6,14,28H2,1H3,(H,29,33)(H,30,32)/b15-7+/t24-/m1/s1. The van der Waals surface area contributed by atoms with Gasteiger partial charge in [-0.3, -0.25) is 10.1 Å². The van der Waals surface area contributed by atoms with Crippen LogP contribution in [0.15, 0.2) is 84.9 Å². The molecule has 0 spiro atoms. The van der Waals surface area contributed by atoms with Crippen LogP contribution in [-0.4, -0.2) is 24.2 Å². The van der Waals surface area contributed by atoms with Gasteiger partial charge in [-0.15, -0.1) is 0 Å². The van der Waals surface area contributed by atoms with E-state index in [1.54, 1.807) is 54.6 Å². The second kappa shape index (κ2) is 12.7. The van der Waals surface area contributed by atoms with Crippen LogP contribution in [0.4, 0.5) is 21.9 Å². The number of phenolic OH excluding ortho intramolecular Hbond substituents is 1. The van der Waals surface area contributed by atoms with Crippen LogP contribution in [0.1, 0.15) is 30.9 Å². The third kappa shape index (κ3) is 7.82. The molecule has 0 aliphatic carbocycles. The van der Waals surface area contributed by atoms with Crippen LogP contribution in [0, 0.1) is 0 Å². The number of phenols is 1. The van der Waals surface area contributed by atoms with Crippen molar-refractivity contribution in [3.05, 3.63) is 90.5 Å². The second-order valence-electron chi connectivity index (χ2n) is 7.73. The number of methoxy groups -OCH3 is 1. The average Bonchev–Trinajstić information content (AvgIpc) is 2.85. The molecule has 2 amide bonds. The van der Waals surface area contributed by atoms with Crippen molar-refractivity contribution in [3.8, 4) is 11.5 Å². The van der Waals surface area contributed by atoms with Crippen molar-refractivity contribution in [2.45, 2.75) is 25.4 Å². The van der Waals surface area contributed by atoms with Crippen LogP contribution < -0.4 is 21.1 Å². The molecule has 0 aliphatic rings. The Morgan fingerprint density at radius 2 is 1.77 bits per heavy atom. The van der Waals surface area contributed by atoms with Crippen LogP contribution in [0.5, 0.6) is 11.5 Å². The number of nitrogens with two attached hydrogens (primary N) is 1. The average molecular weight is 476 g/mol. The summed E-state index contributed by atoms with van der Waals surface area (Å²) in [5.41, 5.74) is 8.13. The molecule has 8 nitrogen and oxygen atoms in total. The highest BCUT2D eigenvalue weighted by Gasteiger charge is 2.18. The number of aromatic hydroxyl groups is 1. The van der Waals surface area contributed by atoms with E-state index in [1.165, 1.54) is 19.3 Å². The monoisotopic (exact) mass is 475 g/mol. The number of nitrogens with one attached hydrogen (secondary N) is 2. The number of rotatable bonds is 10. The van der Waals surface area contributed by atoms with Gasteiger partial charge in [0.1, 0.15) is 6.10 Å². The molecule has 0 fully saturated rings. The van der Waals surface area contributed by atoms with E-state index in [2.05, 4.69) is 10.6 Å². The zero-order valence-electron chi connectivity index (χ0n) is 19.4. The number of amides is 2. The maximum absolute atomic E-state index is 12.5. The van der Waals surface area contributed by atoms with E-state index in [0.717, 1.165) is 0 Å². The molecular weight excluding hydrogens is 446 g/mol. The molecule has 0 saturated carbocycles. The maximum atomic E-state index is 12.5. The van der Waals surface area contributed by atoms with E-state index in [9.17, 15) is 14.7 Å². The number of carbonyl (C=O) groups excluding carboxylic acids is 2. The summed E-state index contributed by atoms with van der Waals surface area (Å²) in [4.78, 5) is 24.6. The van der Waals surface area contributed by atoms with E-state index < -0.39 is 12.2 Å². The first-order valence-electron chi connectivity index (χ1n) is 11.2. The molecule has 35 heavy (non-hydrogen) atoms. The largest absolute Gasteiger partial charge is 0.504 e. The lowest BCUT2D eigenvalue weighted by atomic mass is 10.0. The van der Waals surface area contributed by atoms with E-state index in [4.69, 9.17) is 15.2 Å². The Balaban J connectivity index is 1.59. The number of hydrogen-bond donors (Lipinski definition) is 4. The fourth-order valence-electron chi connectivity index (χ4n) is 3.40. The van der Waals surface area contributed by atoms with Crippen molar-refractivity contribution in [2.24, 2.45) is 0 Å². The number of benzene rings is 3. The van der Waals surface area contributed by atoms with Crippen molar-refractivity contribution in [1.82, 2.24) is 0 Å². The van der Waals surface area contributed by atoms with Gasteiger partial charge in [0.2, 0.25) is 5.91 Å². The van der Waals surface area contributed by atoms with Gasteiger partial charge in [0.15, 0.2) is 11.5 Å². The Morgan fingerprint density at radius 1 is 1.03 bits per heavy atom. The Bertz CT molecular complexity index is 1160. The highest BCUT2D eigenvalue weighted by Crippen LogP contribution is 2.32. The molecule has 0 aromatic heterocycles. The van der Waals surface area contributed by atoms with Gasteiger partial charge in [-0.2, -0.15) is 0 Å². The summed E-state index contributed by atoms with van der Waals surface area (Å²) < 4.78 is 10.8. The van der Waals surface area contributed by atoms with Gasteiger partial charge >= 0.3 is 6.09 Å². The quantitative estimate of drug-likeness (QED) is 0.171. The lowest BCUT2D eigenvalue weighted by molar-refractivity contribution is -0.111. The normalized spacial score (nSPS) is 11.6. The SMILES string of the molecule is COc1ccc([C@@H](CCC/C=C/C(=O)Nc2ccccc2N)OC(=O)Nc2ccccc2)cc1O. The summed E-state index contributed by atoms with van der Waals surface area (Å²) in [5, 5.41) is 15.6. The van der Waals surface area contributed by atoms with Gasteiger partial charge in [-0.1, -0.05) is 42.5 Å². The topological polar surface area (TPSA) is 123 Å². The van der Waals surface area contributed by atoms with Crippen LogP contribution in [0.3, 0.4) is 0 Å². The molecule has 3 aromatic rings. The highest BCUT2D eigenvalue weighted by molar-refractivity contribution is 6.01. The predicted molar refractivity (Wildman–Crippen MR) is 136 cm³/mol. The van der Waals surface area contributed by atoms with E-state index in [1.807, 2.05) is 18.2 Å². The molecule has 0 aliphatic heterocycles. The molecule has 3 rings (SSSR count). The summed E-state index contributed by atoms with van der Waals surface area (Å²) in [6.45, 7) is 0. The number of carbonyl (C=O) groups is 2. The second-order valence-corrected chi connectivity index (χ2v) is 7.73. The first-order chi connectivity index (χ1) is 17.0. The summed E-state index contributed by atoms with van der Waals surface area (Å²) in [7, 11) is 1.46. The van der Waals surface area contributed by atoms with E-state index in [-0.39, 0.29) is 11.7 Å². The third-order valence-corrected chi connectivity index (χ3v) is 5.17. The molecule has 0 bridgehead atoms. The minimum Gasteiger partial charge on any atom is -0.504 e. The molecule has 1 atom stereocenters. The van der Waals surface area contributed by atoms with Gasteiger partial charge in [0.05, 0.1) is 18.5 Å². The van der Waals surface area contributed by atoms with Crippen LogP contribution in [-0.2, 0) is 9.53 Å². The minimum atomic E-state index is -0.609. The van der Waals surface area contributed by atoms with Crippen LogP contribution in [0.2, 0.25) is 0 Å². The van der Waals surface area contributed by atoms with Gasteiger partial charge in [-0.05, 0) is 67.3 Å². The van der Waals surface area contributed by atoms with Crippen LogP contribution >= 0.6 is 0 Å². The molecule has 0 radical (unpaired) electrons. The number of ether oxygens (including phenoxy) is 2. The van der Waals surface area contributed by atoms with E-state index >= 15 is 0 Å². The van der Waals surface area contributed by atoms with Gasteiger partial charge in [0.25, 0.3) is 0 Å². The zero-order valence-corrected chi connectivity index (χ0v) is 19.4. The lowest BCUT2D eigenvalue weighted by Crippen LogP contribution is -2.17. The van der Waals surface area contributed by atoms with Gasteiger partial charge in [-0.25, -0.2) is 4.79 Å². The first kappa shape index (κ1) is 25.2. The van der Waals surface area contributed by atoms with Crippen molar-refractivity contribution in [3.63, 3.8) is 0 Å². The smallest absolute Gasteiger partial charge is 0.412 e. The fraction of sp³-hybridized carbons (Fsp3) is 0.185. The zero-order chi connectivity index (χ0) is 25.0. The number of para-hydroxylation sites is 3. The van der Waals surface area contributed by atoms with Crippen molar-refractivity contribution < 1.29 is 24.2 Å². The lowest BCUT2D eigenvalue weighted by Gasteiger charge is -2.19. The number of anilines is 3. The summed E-state index contributed by atoms with van der Waals surface area (Å²) in [6, 6.07) is 20.9. The van der Waals surface area contributed by atoms with Crippen molar-refractivity contribution >= 4 is 29.1 Å². The maximum Gasteiger partial charge on any atom is 0.412 e. The summed E-state index contributed by atoms with van der Waals surface area (Å²) in [6.07, 6.45) is 3.68.